The third-order valence-corrected chi connectivity index (χ3v) is 5.24. The van der Waals surface area contributed by atoms with Gasteiger partial charge in [0, 0.05) is 17.4 Å². The minimum Gasteiger partial charge on any atom is -0.451 e. The summed E-state index contributed by atoms with van der Waals surface area (Å²) in [5.41, 5.74) is 0.233. The Bertz CT molecular complexity index is 1330. The second kappa shape index (κ2) is 10.1. The maximum atomic E-state index is 13.1. The Kier molecular flexibility index (Phi) is 7.42. The Balaban J connectivity index is 1.80. The third kappa shape index (κ3) is 5.95. The predicted octanol–water partition coefficient (Wildman–Crippen LogP) is 4.79. The molecular weight excluding hydrogens is 463 g/mol. The molecule has 1 aromatic heterocycles. The molecule has 0 spiro atoms. The molecule has 10 heteroatoms. The lowest BCUT2D eigenvalue weighted by Gasteiger charge is -2.16. The van der Waals surface area contributed by atoms with E-state index in [0.29, 0.717) is 5.69 Å². The summed E-state index contributed by atoms with van der Waals surface area (Å²) in [6.45, 7) is 6.57. The van der Waals surface area contributed by atoms with E-state index in [1.807, 2.05) is 39.0 Å². The van der Waals surface area contributed by atoms with Crippen LogP contribution >= 0.6 is 0 Å². The quantitative estimate of drug-likeness (QED) is 0.505. The molecule has 0 saturated carbocycles. The molecule has 7 nitrogen and oxygen atoms in total. The van der Waals surface area contributed by atoms with Crippen molar-refractivity contribution in [2.24, 2.45) is 0 Å². The van der Waals surface area contributed by atoms with Crippen LogP contribution in [0.3, 0.4) is 0 Å². The van der Waals surface area contributed by atoms with Crippen molar-refractivity contribution in [3.8, 4) is 5.69 Å². The van der Waals surface area contributed by atoms with Crippen LogP contribution in [-0.2, 0) is 15.7 Å². The monoisotopic (exact) mass is 487 g/mol. The van der Waals surface area contributed by atoms with Gasteiger partial charge in [0.25, 0.3) is 5.91 Å². The highest BCUT2D eigenvalue weighted by Crippen LogP contribution is 2.30. The van der Waals surface area contributed by atoms with Gasteiger partial charge in [-0.2, -0.15) is 18.3 Å². The fourth-order valence-corrected chi connectivity index (χ4v) is 3.48. The highest BCUT2D eigenvalue weighted by molar-refractivity contribution is 5.96. The molecule has 0 atom stereocenters. The maximum absolute atomic E-state index is 13.1. The van der Waals surface area contributed by atoms with Gasteiger partial charge in [0.2, 0.25) is 11.1 Å². The van der Waals surface area contributed by atoms with E-state index in [2.05, 4.69) is 10.4 Å². The molecule has 0 aliphatic rings. The molecule has 0 aliphatic carbocycles. The molecule has 1 heterocycles. The number of aryl methyl sites for hydroxylation is 2. The maximum Gasteiger partial charge on any atom is 0.416 e. The minimum absolute atomic E-state index is 0.00452. The van der Waals surface area contributed by atoms with Crippen LogP contribution in [0.25, 0.3) is 5.69 Å². The number of alkyl halides is 3. The van der Waals surface area contributed by atoms with Gasteiger partial charge in [-0.05, 0) is 49.1 Å². The molecule has 0 saturated heterocycles. The predicted molar refractivity (Wildman–Crippen MR) is 124 cm³/mol. The Morgan fingerprint density at radius 3 is 2.43 bits per heavy atom. The number of carbonyl (C=O) groups excluding carboxylic acids is 2. The zero-order valence-corrected chi connectivity index (χ0v) is 19.6. The van der Waals surface area contributed by atoms with Crippen molar-refractivity contribution < 1.29 is 27.5 Å². The normalized spacial score (nSPS) is 11.4. The minimum atomic E-state index is -4.58. The number of para-hydroxylation sites is 1. The van der Waals surface area contributed by atoms with E-state index >= 15 is 0 Å². The molecule has 184 valence electrons. The van der Waals surface area contributed by atoms with Gasteiger partial charge in [-0.15, -0.1) is 0 Å². The van der Waals surface area contributed by atoms with Gasteiger partial charge in [0.05, 0.1) is 11.3 Å². The average molecular weight is 487 g/mol. The first-order chi connectivity index (χ1) is 16.4. The average Bonchev–Trinajstić information content (AvgIpc) is 2.78. The van der Waals surface area contributed by atoms with Crippen molar-refractivity contribution in [2.75, 3.05) is 11.9 Å². The number of benzene rings is 2. The largest absolute Gasteiger partial charge is 0.451 e. The van der Waals surface area contributed by atoms with Crippen molar-refractivity contribution in [2.45, 2.75) is 39.8 Å². The van der Waals surface area contributed by atoms with Gasteiger partial charge in [-0.1, -0.05) is 38.1 Å². The Labute approximate surface area is 199 Å². The number of anilines is 1. The van der Waals surface area contributed by atoms with Crippen molar-refractivity contribution in [3.05, 3.63) is 86.8 Å². The number of hydrogen-bond acceptors (Lipinski definition) is 5. The SMILES string of the molecule is Cc1cccc(C(C)C)c1NC(=O)COC(=O)c1nn(-c2cccc(C(F)(F)F)c2)c(C)cc1=O. The standard InChI is InChI=1S/C25H24F3N3O4/c1-14(2)19-10-5-7-15(3)22(19)29-21(33)13-35-24(34)23-20(32)11-16(4)31(30-23)18-9-6-8-17(12-18)25(26,27)28/h5-12,14H,13H2,1-4H3,(H,29,33). The van der Waals surface area contributed by atoms with Crippen LogP contribution in [0, 0.1) is 13.8 Å². The van der Waals surface area contributed by atoms with E-state index in [1.165, 1.54) is 19.1 Å². The van der Waals surface area contributed by atoms with E-state index in [-0.39, 0.29) is 17.3 Å². The first-order valence-corrected chi connectivity index (χ1v) is 10.7. The fourth-order valence-electron chi connectivity index (χ4n) is 3.48. The fraction of sp³-hybridized carbons (Fsp3) is 0.280. The molecule has 0 unspecified atom stereocenters. The number of nitrogens with zero attached hydrogens (tertiary/aromatic N) is 2. The van der Waals surface area contributed by atoms with Gasteiger partial charge in [0.15, 0.2) is 6.61 Å². The highest BCUT2D eigenvalue weighted by atomic mass is 19.4. The second-order valence-corrected chi connectivity index (χ2v) is 8.28. The number of carbonyl (C=O) groups is 2. The summed E-state index contributed by atoms with van der Waals surface area (Å²) >= 11 is 0. The van der Waals surface area contributed by atoms with Crippen molar-refractivity contribution in [3.63, 3.8) is 0 Å². The van der Waals surface area contributed by atoms with Crippen LogP contribution < -0.4 is 10.7 Å². The zero-order chi connectivity index (χ0) is 25.9. The molecule has 0 aliphatic heterocycles. The summed E-state index contributed by atoms with van der Waals surface area (Å²) < 4.78 is 45.3. The smallest absolute Gasteiger partial charge is 0.416 e. The lowest BCUT2D eigenvalue weighted by atomic mass is 9.98. The number of amides is 1. The van der Waals surface area contributed by atoms with E-state index in [4.69, 9.17) is 4.74 Å². The number of ether oxygens (including phenoxy) is 1. The zero-order valence-electron chi connectivity index (χ0n) is 19.6. The first-order valence-electron chi connectivity index (χ1n) is 10.7. The highest BCUT2D eigenvalue weighted by Gasteiger charge is 2.30. The summed E-state index contributed by atoms with van der Waals surface area (Å²) in [5.74, 6) is -1.64. The number of rotatable bonds is 6. The van der Waals surface area contributed by atoms with Gasteiger partial charge in [0.1, 0.15) is 0 Å². The van der Waals surface area contributed by atoms with E-state index in [1.54, 1.807) is 0 Å². The van der Waals surface area contributed by atoms with Gasteiger partial charge in [-0.3, -0.25) is 9.59 Å². The van der Waals surface area contributed by atoms with Crippen LogP contribution in [0.15, 0.2) is 53.3 Å². The van der Waals surface area contributed by atoms with Crippen LogP contribution in [-0.4, -0.2) is 28.3 Å². The van der Waals surface area contributed by atoms with E-state index in [0.717, 1.165) is 34.0 Å². The van der Waals surface area contributed by atoms with Crippen LogP contribution in [0.5, 0.6) is 0 Å². The number of nitrogens with one attached hydrogen (secondary N) is 1. The molecular formula is C25H24F3N3O4. The molecule has 3 rings (SSSR count). The molecule has 2 aromatic carbocycles. The molecule has 0 radical (unpaired) electrons. The van der Waals surface area contributed by atoms with Crippen molar-refractivity contribution in [1.29, 1.82) is 0 Å². The number of hydrogen-bond donors (Lipinski definition) is 1. The molecule has 3 aromatic rings. The van der Waals surface area contributed by atoms with Crippen LogP contribution in [0.2, 0.25) is 0 Å². The van der Waals surface area contributed by atoms with Gasteiger partial charge >= 0.3 is 12.1 Å². The summed E-state index contributed by atoms with van der Waals surface area (Å²) in [6, 6.07) is 10.9. The molecule has 1 N–H and O–H groups in total. The van der Waals surface area contributed by atoms with Crippen molar-refractivity contribution >= 4 is 17.6 Å². The third-order valence-electron chi connectivity index (χ3n) is 5.24. The molecule has 0 fully saturated rings. The number of aromatic nitrogens is 2. The Morgan fingerprint density at radius 2 is 1.77 bits per heavy atom. The first kappa shape index (κ1) is 25.7. The summed E-state index contributed by atoms with van der Waals surface area (Å²) in [6.07, 6.45) is -4.58. The molecule has 0 bridgehead atoms. The van der Waals surface area contributed by atoms with E-state index < -0.39 is 41.3 Å². The summed E-state index contributed by atoms with van der Waals surface area (Å²) in [5, 5.41) is 6.63. The van der Waals surface area contributed by atoms with Crippen LogP contribution in [0.4, 0.5) is 18.9 Å². The topological polar surface area (TPSA) is 90.3 Å². The number of halogens is 3. The van der Waals surface area contributed by atoms with Gasteiger partial charge < -0.3 is 10.1 Å². The Hall–Kier alpha value is -3.95. The van der Waals surface area contributed by atoms with Crippen molar-refractivity contribution in [1.82, 2.24) is 9.78 Å². The number of esters is 1. The molecule has 35 heavy (non-hydrogen) atoms. The van der Waals surface area contributed by atoms with E-state index in [9.17, 15) is 27.6 Å². The molecule has 1 amide bonds. The van der Waals surface area contributed by atoms with Gasteiger partial charge in [-0.25, -0.2) is 9.48 Å². The lowest BCUT2D eigenvalue weighted by molar-refractivity contribution is -0.137. The summed E-state index contributed by atoms with van der Waals surface area (Å²) in [7, 11) is 0. The Morgan fingerprint density at radius 1 is 1.09 bits per heavy atom. The lowest BCUT2D eigenvalue weighted by Crippen LogP contribution is -2.27. The van der Waals surface area contributed by atoms with Crippen LogP contribution in [0.1, 0.15) is 52.6 Å². The second-order valence-electron chi connectivity index (χ2n) is 8.28. The summed E-state index contributed by atoms with van der Waals surface area (Å²) in [4.78, 5) is 37.3.